The monoisotopic (exact) mass is 375 g/mol. The Morgan fingerprint density at radius 1 is 1.04 bits per heavy atom. The molecule has 2 aliphatic rings. The SMILES string of the molecule is COc1ccc(OC)c(CNC(=O)C2CCN(C(=O)N3CCCC3)CC2)c1. The number of hydrogen-bond donors (Lipinski definition) is 1. The summed E-state index contributed by atoms with van der Waals surface area (Å²) < 4.78 is 10.6. The average molecular weight is 375 g/mol. The molecule has 3 rings (SSSR count). The fourth-order valence-corrected chi connectivity index (χ4v) is 3.79. The van der Waals surface area contributed by atoms with Crippen LogP contribution in [0.15, 0.2) is 18.2 Å². The molecule has 1 aromatic rings. The Bertz CT molecular complexity index is 665. The Kier molecular flexibility index (Phi) is 6.42. The van der Waals surface area contributed by atoms with Crippen LogP contribution < -0.4 is 14.8 Å². The third-order valence-electron chi connectivity index (χ3n) is 5.45. The van der Waals surface area contributed by atoms with Crippen molar-refractivity contribution in [2.45, 2.75) is 32.2 Å². The maximum atomic E-state index is 12.6. The minimum atomic E-state index is -0.0516. The molecule has 0 aromatic heterocycles. The second-order valence-electron chi connectivity index (χ2n) is 7.13. The molecule has 3 amide bonds. The quantitative estimate of drug-likeness (QED) is 0.857. The van der Waals surface area contributed by atoms with Gasteiger partial charge in [-0.05, 0) is 43.9 Å². The van der Waals surface area contributed by atoms with Crippen molar-refractivity contribution < 1.29 is 19.1 Å². The highest BCUT2D eigenvalue weighted by Crippen LogP contribution is 2.25. The van der Waals surface area contributed by atoms with Gasteiger partial charge >= 0.3 is 6.03 Å². The number of urea groups is 1. The Balaban J connectivity index is 1.49. The predicted molar refractivity (Wildman–Crippen MR) is 102 cm³/mol. The minimum absolute atomic E-state index is 0.0353. The highest BCUT2D eigenvalue weighted by Gasteiger charge is 2.30. The van der Waals surface area contributed by atoms with Crippen molar-refractivity contribution in [3.05, 3.63) is 23.8 Å². The van der Waals surface area contributed by atoms with Crippen molar-refractivity contribution in [3.8, 4) is 11.5 Å². The molecule has 0 radical (unpaired) electrons. The molecule has 148 valence electrons. The summed E-state index contributed by atoms with van der Waals surface area (Å²) in [7, 11) is 3.22. The topological polar surface area (TPSA) is 71.1 Å². The van der Waals surface area contributed by atoms with Gasteiger partial charge in [-0.2, -0.15) is 0 Å². The zero-order valence-electron chi connectivity index (χ0n) is 16.2. The highest BCUT2D eigenvalue weighted by molar-refractivity contribution is 5.79. The van der Waals surface area contributed by atoms with E-state index >= 15 is 0 Å². The second kappa shape index (κ2) is 8.97. The summed E-state index contributed by atoms with van der Waals surface area (Å²) in [6.45, 7) is 3.42. The molecule has 7 nitrogen and oxygen atoms in total. The first kappa shape index (κ1) is 19.3. The number of ether oxygens (including phenoxy) is 2. The van der Waals surface area contributed by atoms with Gasteiger partial charge in [0.25, 0.3) is 0 Å². The van der Waals surface area contributed by atoms with E-state index in [1.165, 1.54) is 0 Å². The molecular formula is C20H29N3O4. The van der Waals surface area contributed by atoms with Crippen molar-refractivity contribution >= 4 is 11.9 Å². The van der Waals surface area contributed by atoms with Crippen molar-refractivity contribution in [1.29, 1.82) is 0 Å². The lowest BCUT2D eigenvalue weighted by Crippen LogP contribution is -2.47. The van der Waals surface area contributed by atoms with Crippen LogP contribution in [0.5, 0.6) is 11.5 Å². The first-order valence-electron chi connectivity index (χ1n) is 9.65. The summed E-state index contributed by atoms with van der Waals surface area (Å²) in [6.07, 6.45) is 3.61. The van der Waals surface area contributed by atoms with Crippen molar-refractivity contribution in [1.82, 2.24) is 15.1 Å². The number of piperidine rings is 1. The molecule has 0 bridgehead atoms. The third-order valence-corrected chi connectivity index (χ3v) is 5.45. The molecule has 7 heteroatoms. The number of nitrogens with one attached hydrogen (secondary N) is 1. The Hall–Kier alpha value is -2.44. The van der Waals surface area contributed by atoms with E-state index in [2.05, 4.69) is 5.32 Å². The van der Waals surface area contributed by atoms with Crippen LogP contribution in [0.25, 0.3) is 0 Å². The summed E-state index contributed by atoms with van der Waals surface area (Å²) in [5.41, 5.74) is 0.881. The number of methoxy groups -OCH3 is 2. The average Bonchev–Trinajstić information content (AvgIpc) is 3.26. The summed E-state index contributed by atoms with van der Waals surface area (Å²) >= 11 is 0. The maximum absolute atomic E-state index is 12.6. The molecule has 0 atom stereocenters. The number of rotatable bonds is 5. The number of carbonyl (C=O) groups excluding carboxylic acids is 2. The van der Waals surface area contributed by atoms with Crippen LogP contribution in [-0.2, 0) is 11.3 Å². The van der Waals surface area contributed by atoms with E-state index in [4.69, 9.17) is 9.47 Å². The van der Waals surface area contributed by atoms with Gasteiger partial charge in [-0.3, -0.25) is 4.79 Å². The molecule has 0 saturated carbocycles. The van der Waals surface area contributed by atoms with Crippen LogP contribution in [0, 0.1) is 5.92 Å². The van der Waals surface area contributed by atoms with Gasteiger partial charge in [-0.15, -0.1) is 0 Å². The van der Waals surface area contributed by atoms with Gasteiger partial charge < -0.3 is 24.6 Å². The number of carbonyl (C=O) groups is 2. The maximum Gasteiger partial charge on any atom is 0.319 e. The molecule has 2 heterocycles. The molecule has 2 fully saturated rings. The van der Waals surface area contributed by atoms with Crippen LogP contribution in [0.1, 0.15) is 31.2 Å². The van der Waals surface area contributed by atoms with Gasteiger partial charge in [-0.1, -0.05) is 0 Å². The van der Waals surface area contributed by atoms with Crippen LogP contribution in [-0.4, -0.2) is 62.1 Å². The highest BCUT2D eigenvalue weighted by atomic mass is 16.5. The number of amides is 3. The zero-order valence-corrected chi connectivity index (χ0v) is 16.2. The molecular weight excluding hydrogens is 346 g/mol. The molecule has 1 N–H and O–H groups in total. The fourth-order valence-electron chi connectivity index (χ4n) is 3.79. The lowest BCUT2D eigenvalue weighted by Gasteiger charge is -2.34. The number of likely N-dealkylation sites (tertiary alicyclic amines) is 2. The van der Waals surface area contributed by atoms with Crippen molar-refractivity contribution in [3.63, 3.8) is 0 Å². The lowest BCUT2D eigenvalue weighted by molar-refractivity contribution is -0.126. The van der Waals surface area contributed by atoms with Gasteiger partial charge in [0.2, 0.25) is 5.91 Å². The first-order valence-corrected chi connectivity index (χ1v) is 9.65. The van der Waals surface area contributed by atoms with Crippen LogP contribution >= 0.6 is 0 Å². The largest absolute Gasteiger partial charge is 0.497 e. The van der Waals surface area contributed by atoms with Gasteiger partial charge in [-0.25, -0.2) is 4.79 Å². The van der Waals surface area contributed by atoms with Crippen LogP contribution in [0.3, 0.4) is 0 Å². The van der Waals surface area contributed by atoms with E-state index in [1.54, 1.807) is 14.2 Å². The normalized spacial score (nSPS) is 17.7. The fraction of sp³-hybridized carbons (Fsp3) is 0.600. The predicted octanol–water partition coefficient (Wildman–Crippen LogP) is 2.25. The Morgan fingerprint density at radius 2 is 1.70 bits per heavy atom. The van der Waals surface area contributed by atoms with Crippen LogP contribution in [0.4, 0.5) is 4.79 Å². The van der Waals surface area contributed by atoms with E-state index in [-0.39, 0.29) is 17.9 Å². The molecule has 0 aliphatic carbocycles. The van der Waals surface area contributed by atoms with Gasteiger partial charge in [0, 0.05) is 44.2 Å². The first-order chi connectivity index (χ1) is 13.1. The van der Waals surface area contributed by atoms with E-state index in [9.17, 15) is 9.59 Å². The molecule has 2 saturated heterocycles. The molecule has 0 unspecified atom stereocenters. The summed E-state index contributed by atoms with van der Waals surface area (Å²) in [5.74, 6) is 1.44. The summed E-state index contributed by atoms with van der Waals surface area (Å²) in [6, 6.07) is 5.67. The number of hydrogen-bond acceptors (Lipinski definition) is 4. The Labute approximate surface area is 160 Å². The second-order valence-corrected chi connectivity index (χ2v) is 7.13. The molecule has 1 aromatic carbocycles. The van der Waals surface area contributed by atoms with Gasteiger partial charge in [0.1, 0.15) is 11.5 Å². The minimum Gasteiger partial charge on any atom is -0.497 e. The van der Waals surface area contributed by atoms with Gasteiger partial charge in [0.05, 0.1) is 14.2 Å². The van der Waals surface area contributed by atoms with E-state index in [0.29, 0.717) is 32.5 Å². The summed E-state index contributed by atoms with van der Waals surface area (Å²) in [4.78, 5) is 28.8. The molecule has 27 heavy (non-hydrogen) atoms. The van der Waals surface area contributed by atoms with Crippen LogP contribution in [0.2, 0.25) is 0 Å². The Morgan fingerprint density at radius 3 is 2.33 bits per heavy atom. The van der Waals surface area contributed by atoms with Gasteiger partial charge in [0.15, 0.2) is 0 Å². The standard InChI is InChI=1S/C20H29N3O4/c1-26-17-5-6-18(27-2)16(13-17)14-21-19(24)15-7-11-23(12-8-15)20(25)22-9-3-4-10-22/h5-6,13,15H,3-4,7-12,14H2,1-2H3,(H,21,24). The third kappa shape index (κ3) is 4.64. The van der Waals surface area contributed by atoms with E-state index in [0.717, 1.165) is 43.0 Å². The van der Waals surface area contributed by atoms with E-state index < -0.39 is 0 Å². The molecule has 2 aliphatic heterocycles. The zero-order chi connectivity index (χ0) is 19.2. The summed E-state index contributed by atoms with van der Waals surface area (Å²) in [5, 5.41) is 3.01. The van der Waals surface area contributed by atoms with Crippen molar-refractivity contribution in [2.24, 2.45) is 5.92 Å². The lowest BCUT2D eigenvalue weighted by atomic mass is 9.96. The molecule has 0 spiro atoms. The number of nitrogens with zero attached hydrogens (tertiary/aromatic N) is 2. The number of benzene rings is 1. The smallest absolute Gasteiger partial charge is 0.319 e. The van der Waals surface area contributed by atoms with E-state index in [1.807, 2.05) is 28.0 Å². The van der Waals surface area contributed by atoms with Crippen molar-refractivity contribution in [2.75, 3.05) is 40.4 Å².